The van der Waals surface area contributed by atoms with Crippen molar-refractivity contribution in [2.75, 3.05) is 4.72 Å². The van der Waals surface area contributed by atoms with Gasteiger partial charge in [0.15, 0.2) is 0 Å². The summed E-state index contributed by atoms with van der Waals surface area (Å²) < 4.78 is 29.2. The monoisotopic (exact) mass is 356 g/mol. The molecule has 0 aliphatic heterocycles. The molecule has 1 heterocycles. The number of aryl methyl sites for hydroxylation is 3. The Kier molecular flexibility index (Phi) is 4.59. The highest BCUT2D eigenvalue weighted by Crippen LogP contribution is 2.19. The van der Waals surface area contributed by atoms with Crippen molar-refractivity contribution in [3.05, 3.63) is 71.0 Å². The Morgan fingerprint density at radius 3 is 2.56 bits per heavy atom. The molecule has 0 radical (unpaired) electrons. The van der Waals surface area contributed by atoms with E-state index in [2.05, 4.69) is 20.9 Å². The van der Waals surface area contributed by atoms with Crippen LogP contribution < -0.4 is 4.72 Å². The van der Waals surface area contributed by atoms with Gasteiger partial charge in [-0.3, -0.25) is 0 Å². The molecule has 0 saturated heterocycles. The highest BCUT2D eigenvalue weighted by molar-refractivity contribution is 7.92. The lowest BCUT2D eigenvalue weighted by Crippen LogP contribution is -2.15. The van der Waals surface area contributed by atoms with Crippen molar-refractivity contribution in [3.8, 4) is 0 Å². The topological polar surface area (TPSA) is 76.9 Å². The minimum absolute atomic E-state index is 0.0635. The van der Waals surface area contributed by atoms with Crippen LogP contribution in [0.15, 0.2) is 53.7 Å². The second-order valence-electron chi connectivity index (χ2n) is 6.13. The van der Waals surface area contributed by atoms with Crippen LogP contribution in [0.3, 0.4) is 0 Å². The Balaban J connectivity index is 1.80. The lowest BCUT2D eigenvalue weighted by Gasteiger charge is -2.08. The summed E-state index contributed by atoms with van der Waals surface area (Å²) in [7, 11) is -3.72. The third-order valence-electron chi connectivity index (χ3n) is 3.82. The minimum Gasteiger partial charge on any atom is -0.246 e. The van der Waals surface area contributed by atoms with Crippen molar-refractivity contribution >= 4 is 16.0 Å². The van der Waals surface area contributed by atoms with Crippen molar-refractivity contribution in [3.63, 3.8) is 0 Å². The molecular formula is C18H20N4O2S. The number of nitrogens with zero attached hydrogens (tertiary/aromatic N) is 3. The summed E-state index contributed by atoms with van der Waals surface area (Å²) in [5, 5.41) is 4.21. The van der Waals surface area contributed by atoms with Crippen molar-refractivity contribution < 1.29 is 8.42 Å². The van der Waals surface area contributed by atoms with Gasteiger partial charge in [-0.2, -0.15) is 4.98 Å². The van der Waals surface area contributed by atoms with Gasteiger partial charge >= 0.3 is 0 Å². The summed E-state index contributed by atoms with van der Waals surface area (Å²) >= 11 is 0. The highest BCUT2D eigenvalue weighted by Gasteiger charge is 2.19. The molecule has 2 aromatic carbocycles. The molecule has 0 aliphatic carbocycles. The van der Waals surface area contributed by atoms with Gasteiger partial charge in [-0.25, -0.2) is 17.8 Å². The summed E-state index contributed by atoms with van der Waals surface area (Å²) in [5.41, 5.74) is 3.79. The van der Waals surface area contributed by atoms with Crippen LogP contribution in [0.1, 0.15) is 22.3 Å². The lowest BCUT2D eigenvalue weighted by molar-refractivity contribution is 0.600. The van der Waals surface area contributed by atoms with E-state index in [4.69, 9.17) is 0 Å². The molecule has 0 amide bonds. The number of rotatable bonds is 5. The molecule has 6 nitrogen and oxygen atoms in total. The Morgan fingerprint density at radius 1 is 1.04 bits per heavy atom. The van der Waals surface area contributed by atoms with Crippen molar-refractivity contribution in [1.29, 1.82) is 0 Å². The maximum atomic E-state index is 12.6. The summed E-state index contributed by atoms with van der Waals surface area (Å²) in [6.07, 6.45) is 1.52. The molecule has 1 aromatic heterocycles. The predicted molar refractivity (Wildman–Crippen MR) is 97.0 cm³/mol. The molecule has 25 heavy (non-hydrogen) atoms. The zero-order chi connectivity index (χ0) is 18.0. The Hall–Kier alpha value is -2.67. The first-order valence-corrected chi connectivity index (χ1v) is 9.37. The lowest BCUT2D eigenvalue weighted by atomic mass is 10.1. The molecule has 3 rings (SSSR count). The SMILES string of the molecule is Cc1cccc(Cn2cnc(NS(=O)(=O)c3cc(C)ccc3C)n2)c1. The van der Waals surface area contributed by atoms with Crippen LogP contribution >= 0.6 is 0 Å². The first-order chi connectivity index (χ1) is 11.8. The number of sulfonamides is 1. The first-order valence-electron chi connectivity index (χ1n) is 7.88. The van der Waals surface area contributed by atoms with Crippen LogP contribution in [0.4, 0.5) is 5.95 Å². The Morgan fingerprint density at radius 2 is 1.80 bits per heavy atom. The van der Waals surface area contributed by atoms with Crippen LogP contribution in [0.2, 0.25) is 0 Å². The number of anilines is 1. The molecule has 7 heteroatoms. The van der Waals surface area contributed by atoms with Crippen molar-refractivity contribution in [1.82, 2.24) is 14.8 Å². The zero-order valence-electron chi connectivity index (χ0n) is 14.4. The van der Waals surface area contributed by atoms with Crippen LogP contribution in [0.5, 0.6) is 0 Å². The standard InChI is InChI=1S/C18H20N4O2S/c1-13-5-4-6-16(9-13)11-22-12-19-18(20-22)21-25(23,24)17-10-14(2)7-8-15(17)3/h4-10,12H,11H2,1-3H3,(H,20,21). The van der Waals surface area contributed by atoms with Crippen LogP contribution in [-0.2, 0) is 16.6 Å². The van der Waals surface area contributed by atoms with E-state index in [1.54, 1.807) is 23.7 Å². The molecule has 1 N–H and O–H groups in total. The first kappa shape index (κ1) is 17.2. The average molecular weight is 356 g/mol. The summed E-state index contributed by atoms with van der Waals surface area (Å²) in [6, 6.07) is 13.4. The fourth-order valence-electron chi connectivity index (χ4n) is 2.59. The summed E-state index contributed by atoms with van der Waals surface area (Å²) in [6.45, 7) is 6.17. The molecule has 0 atom stereocenters. The molecule has 0 bridgehead atoms. The van der Waals surface area contributed by atoms with E-state index in [0.717, 1.165) is 16.7 Å². The van der Waals surface area contributed by atoms with E-state index >= 15 is 0 Å². The molecule has 0 saturated carbocycles. The van der Waals surface area contributed by atoms with Crippen molar-refractivity contribution in [2.45, 2.75) is 32.2 Å². The Labute approximate surface area is 147 Å². The van der Waals surface area contributed by atoms with E-state index in [1.807, 2.05) is 38.1 Å². The van der Waals surface area contributed by atoms with Gasteiger partial charge in [0, 0.05) is 0 Å². The predicted octanol–water partition coefficient (Wildman–Crippen LogP) is 3.05. The number of aromatic nitrogens is 3. The fourth-order valence-corrected chi connectivity index (χ4v) is 3.86. The largest absolute Gasteiger partial charge is 0.264 e. The minimum atomic E-state index is -3.72. The number of nitrogens with one attached hydrogen (secondary N) is 1. The molecule has 0 spiro atoms. The number of hydrogen-bond donors (Lipinski definition) is 1. The summed E-state index contributed by atoms with van der Waals surface area (Å²) in [4.78, 5) is 4.30. The fraction of sp³-hybridized carbons (Fsp3) is 0.222. The van der Waals surface area contributed by atoms with Crippen LogP contribution in [-0.4, -0.2) is 23.2 Å². The third-order valence-corrected chi connectivity index (χ3v) is 5.29. The molecule has 0 unspecified atom stereocenters. The second kappa shape index (κ2) is 6.68. The van der Waals surface area contributed by atoms with Gasteiger partial charge in [0.2, 0.25) is 0 Å². The summed E-state index contributed by atoms with van der Waals surface area (Å²) in [5.74, 6) is 0.0635. The average Bonchev–Trinajstić information content (AvgIpc) is 2.96. The van der Waals surface area contributed by atoms with Gasteiger partial charge in [-0.05, 0) is 43.5 Å². The number of benzene rings is 2. The van der Waals surface area contributed by atoms with Gasteiger partial charge in [-0.15, -0.1) is 5.10 Å². The highest BCUT2D eigenvalue weighted by atomic mass is 32.2. The maximum Gasteiger partial charge on any atom is 0.264 e. The van der Waals surface area contributed by atoms with Gasteiger partial charge in [0.25, 0.3) is 16.0 Å². The van der Waals surface area contributed by atoms with E-state index in [-0.39, 0.29) is 10.8 Å². The quantitative estimate of drug-likeness (QED) is 0.762. The third kappa shape index (κ3) is 4.06. The Bertz CT molecular complexity index is 1010. The van der Waals surface area contributed by atoms with E-state index in [1.165, 1.54) is 6.33 Å². The van der Waals surface area contributed by atoms with Gasteiger partial charge in [-0.1, -0.05) is 42.0 Å². The van der Waals surface area contributed by atoms with Gasteiger partial charge < -0.3 is 0 Å². The molecule has 0 aliphatic rings. The maximum absolute atomic E-state index is 12.6. The number of hydrogen-bond acceptors (Lipinski definition) is 4. The van der Waals surface area contributed by atoms with E-state index < -0.39 is 10.0 Å². The normalized spacial score (nSPS) is 11.5. The van der Waals surface area contributed by atoms with Crippen LogP contribution in [0, 0.1) is 20.8 Å². The van der Waals surface area contributed by atoms with Gasteiger partial charge in [0.05, 0.1) is 11.4 Å². The second-order valence-corrected chi connectivity index (χ2v) is 7.78. The molecular weight excluding hydrogens is 336 g/mol. The van der Waals surface area contributed by atoms with Crippen LogP contribution in [0.25, 0.3) is 0 Å². The smallest absolute Gasteiger partial charge is 0.246 e. The molecule has 3 aromatic rings. The van der Waals surface area contributed by atoms with Crippen molar-refractivity contribution in [2.24, 2.45) is 0 Å². The van der Waals surface area contributed by atoms with Gasteiger partial charge in [0.1, 0.15) is 6.33 Å². The molecule has 130 valence electrons. The molecule has 0 fully saturated rings. The zero-order valence-corrected chi connectivity index (χ0v) is 15.2. The van der Waals surface area contributed by atoms with E-state index in [9.17, 15) is 8.42 Å². The van der Waals surface area contributed by atoms with E-state index in [0.29, 0.717) is 12.1 Å².